The minimum atomic E-state index is -0.0142. The van der Waals surface area contributed by atoms with Crippen LogP contribution in [0.3, 0.4) is 0 Å². The van der Waals surface area contributed by atoms with Crippen LogP contribution >= 0.6 is 0 Å². The molecule has 1 aliphatic carbocycles. The Hall–Kier alpha value is -1.13. The second kappa shape index (κ2) is 13.9. The second-order valence-electron chi connectivity index (χ2n) is 3.19. The largest absolute Gasteiger partial charge is 0.471 e. The van der Waals surface area contributed by atoms with Gasteiger partial charge >= 0.3 is 5.97 Å². The fourth-order valence-corrected chi connectivity index (χ4v) is 1.50. The molecule has 0 N–H and O–H groups in total. The zero-order chi connectivity index (χ0) is 12.8. The fourth-order valence-electron chi connectivity index (χ4n) is 1.50. The highest BCUT2D eigenvalue weighted by Gasteiger charge is 2.20. The molecular weight excluding hydrogens is 215 g/mol. The number of methoxy groups -OCH3 is 2. The number of carbonyl (C=O) groups excluding carboxylic acids is 2. The second-order valence-corrected chi connectivity index (χ2v) is 3.19. The van der Waals surface area contributed by atoms with Crippen molar-refractivity contribution in [3.63, 3.8) is 0 Å². The molecule has 1 fully saturated rings. The molecule has 0 heterocycles. The summed E-state index contributed by atoms with van der Waals surface area (Å²) in [6, 6.07) is 0. The van der Waals surface area contributed by atoms with Crippen molar-refractivity contribution in [1.82, 2.24) is 0 Å². The van der Waals surface area contributed by atoms with Crippen LogP contribution in [-0.2, 0) is 19.1 Å². The molecule has 0 atom stereocenters. The molecule has 1 aliphatic rings. The number of hydrogen-bond acceptors (Lipinski definition) is 4. The predicted octanol–water partition coefficient (Wildman–Crippen LogP) is 2.11. The van der Waals surface area contributed by atoms with E-state index in [0.29, 0.717) is 13.6 Å². The monoisotopic (exact) mass is 236 g/mol. The standard InChI is InChI=1S/C8H14O2.C2H4O2.CH3F/c1-10-8(9)7-5-3-2-4-6-7;1-4-2-3;1-2/h7H,2-6H2,1H3;2H,1H3;1H3. The maximum atomic E-state index is 10.9. The summed E-state index contributed by atoms with van der Waals surface area (Å²) in [5.74, 6) is 0.193. The SMILES string of the molecule is CF.COC(=O)C1CCCCC1.COC=O. The molecule has 0 unspecified atom stereocenters. The summed E-state index contributed by atoms with van der Waals surface area (Å²) >= 11 is 0. The molecule has 0 aromatic carbocycles. The number of hydrogen-bond donors (Lipinski definition) is 0. The van der Waals surface area contributed by atoms with Crippen molar-refractivity contribution >= 4 is 12.4 Å². The van der Waals surface area contributed by atoms with Crippen LogP contribution in [0, 0.1) is 5.92 Å². The van der Waals surface area contributed by atoms with Crippen LogP contribution < -0.4 is 0 Å². The molecule has 5 heteroatoms. The zero-order valence-corrected chi connectivity index (χ0v) is 10.2. The van der Waals surface area contributed by atoms with E-state index in [-0.39, 0.29) is 11.9 Å². The lowest BCUT2D eigenvalue weighted by Gasteiger charge is -2.18. The maximum Gasteiger partial charge on any atom is 0.308 e. The molecular formula is C11H21FO4. The number of rotatable bonds is 2. The molecule has 1 saturated carbocycles. The Morgan fingerprint density at radius 3 is 1.94 bits per heavy atom. The van der Waals surface area contributed by atoms with Crippen LogP contribution in [0.2, 0.25) is 0 Å². The van der Waals surface area contributed by atoms with Gasteiger partial charge in [0.15, 0.2) is 0 Å². The lowest BCUT2D eigenvalue weighted by atomic mass is 9.89. The van der Waals surface area contributed by atoms with Crippen molar-refractivity contribution in [3.8, 4) is 0 Å². The summed E-state index contributed by atoms with van der Waals surface area (Å²) in [6.45, 7) is 0.375. The minimum absolute atomic E-state index is 0.0142. The van der Waals surface area contributed by atoms with Gasteiger partial charge in [-0.05, 0) is 12.8 Å². The summed E-state index contributed by atoms with van der Waals surface area (Å²) in [5.41, 5.74) is 0. The Labute approximate surface area is 96.1 Å². The molecule has 0 bridgehead atoms. The molecule has 0 spiro atoms. The third-order valence-electron chi connectivity index (χ3n) is 2.24. The number of carbonyl (C=O) groups is 2. The summed E-state index contributed by atoms with van der Waals surface area (Å²) in [7, 11) is 3.28. The van der Waals surface area contributed by atoms with Crippen molar-refractivity contribution in [2.45, 2.75) is 32.1 Å². The van der Waals surface area contributed by atoms with Gasteiger partial charge in [0.2, 0.25) is 0 Å². The van der Waals surface area contributed by atoms with Gasteiger partial charge < -0.3 is 9.47 Å². The summed E-state index contributed by atoms with van der Waals surface area (Å²) in [4.78, 5) is 19.9. The highest BCUT2D eigenvalue weighted by molar-refractivity contribution is 5.72. The number of alkyl halides is 1. The summed E-state index contributed by atoms with van der Waals surface area (Å²) < 4.78 is 18.0. The van der Waals surface area contributed by atoms with E-state index in [1.54, 1.807) is 0 Å². The van der Waals surface area contributed by atoms with Crippen molar-refractivity contribution < 1.29 is 23.5 Å². The normalized spacial score (nSPS) is 14.5. The van der Waals surface area contributed by atoms with Crippen molar-refractivity contribution in [2.24, 2.45) is 5.92 Å². The molecule has 0 radical (unpaired) electrons. The van der Waals surface area contributed by atoms with Gasteiger partial charge in [-0.3, -0.25) is 14.0 Å². The van der Waals surface area contributed by atoms with Gasteiger partial charge in [-0.25, -0.2) is 0 Å². The van der Waals surface area contributed by atoms with E-state index in [1.165, 1.54) is 33.5 Å². The maximum absolute atomic E-state index is 10.9. The highest BCUT2D eigenvalue weighted by Crippen LogP contribution is 2.24. The molecule has 4 nitrogen and oxygen atoms in total. The molecule has 0 amide bonds. The average Bonchev–Trinajstić information content (AvgIpc) is 2.41. The molecule has 16 heavy (non-hydrogen) atoms. The topological polar surface area (TPSA) is 52.6 Å². The van der Waals surface area contributed by atoms with Gasteiger partial charge in [0.1, 0.15) is 0 Å². The number of ether oxygens (including phenoxy) is 2. The van der Waals surface area contributed by atoms with Crippen LogP contribution in [0.15, 0.2) is 0 Å². The van der Waals surface area contributed by atoms with Crippen LogP contribution in [0.4, 0.5) is 4.39 Å². The Balaban J connectivity index is 0. The van der Waals surface area contributed by atoms with Crippen LogP contribution in [0.25, 0.3) is 0 Å². The van der Waals surface area contributed by atoms with Gasteiger partial charge in [0, 0.05) is 0 Å². The lowest BCUT2D eigenvalue weighted by molar-refractivity contribution is -0.146. The van der Waals surface area contributed by atoms with Crippen LogP contribution in [-0.4, -0.2) is 33.8 Å². The number of esters is 1. The van der Waals surface area contributed by atoms with E-state index in [9.17, 15) is 9.18 Å². The Kier molecular flexibility index (Phi) is 15.0. The molecule has 0 saturated heterocycles. The van der Waals surface area contributed by atoms with E-state index < -0.39 is 0 Å². The summed E-state index contributed by atoms with van der Waals surface area (Å²) in [6.07, 6.45) is 5.74. The first-order valence-corrected chi connectivity index (χ1v) is 5.18. The molecule has 96 valence electrons. The van der Waals surface area contributed by atoms with Gasteiger partial charge in [0.05, 0.1) is 27.3 Å². The van der Waals surface area contributed by atoms with E-state index in [0.717, 1.165) is 12.8 Å². The van der Waals surface area contributed by atoms with E-state index >= 15 is 0 Å². The zero-order valence-electron chi connectivity index (χ0n) is 10.2. The van der Waals surface area contributed by atoms with E-state index in [1.807, 2.05) is 0 Å². The number of halogens is 1. The van der Waals surface area contributed by atoms with Crippen LogP contribution in [0.5, 0.6) is 0 Å². The Bertz CT molecular complexity index is 167. The lowest BCUT2D eigenvalue weighted by Crippen LogP contribution is -2.18. The quantitative estimate of drug-likeness (QED) is 0.544. The molecule has 0 aliphatic heterocycles. The Morgan fingerprint density at radius 2 is 1.62 bits per heavy atom. The van der Waals surface area contributed by atoms with Crippen molar-refractivity contribution in [2.75, 3.05) is 21.4 Å². The van der Waals surface area contributed by atoms with E-state index in [2.05, 4.69) is 9.47 Å². The smallest absolute Gasteiger partial charge is 0.308 e. The molecule has 0 aromatic heterocycles. The first kappa shape index (κ1) is 17.3. The fraction of sp³-hybridized carbons (Fsp3) is 0.818. The average molecular weight is 236 g/mol. The van der Waals surface area contributed by atoms with Gasteiger partial charge in [-0.15, -0.1) is 0 Å². The third-order valence-corrected chi connectivity index (χ3v) is 2.24. The Morgan fingerprint density at radius 1 is 1.19 bits per heavy atom. The third kappa shape index (κ3) is 9.43. The summed E-state index contributed by atoms with van der Waals surface area (Å²) in [5, 5.41) is 0. The molecule has 0 aromatic rings. The van der Waals surface area contributed by atoms with Crippen molar-refractivity contribution in [1.29, 1.82) is 0 Å². The van der Waals surface area contributed by atoms with Gasteiger partial charge in [-0.2, -0.15) is 0 Å². The van der Waals surface area contributed by atoms with Gasteiger partial charge in [-0.1, -0.05) is 19.3 Å². The van der Waals surface area contributed by atoms with Gasteiger partial charge in [0.25, 0.3) is 6.47 Å². The highest BCUT2D eigenvalue weighted by atomic mass is 19.1. The first-order chi connectivity index (χ1) is 7.76. The van der Waals surface area contributed by atoms with Crippen molar-refractivity contribution in [3.05, 3.63) is 0 Å². The van der Waals surface area contributed by atoms with Crippen LogP contribution in [0.1, 0.15) is 32.1 Å². The first-order valence-electron chi connectivity index (χ1n) is 5.18. The predicted molar refractivity (Wildman–Crippen MR) is 58.7 cm³/mol. The minimum Gasteiger partial charge on any atom is -0.471 e. The van der Waals surface area contributed by atoms with E-state index in [4.69, 9.17) is 4.79 Å². The molecule has 1 rings (SSSR count).